The van der Waals surface area contributed by atoms with E-state index >= 15 is 0 Å². The zero-order valence-electron chi connectivity index (χ0n) is 10.3. The lowest BCUT2D eigenvalue weighted by atomic mass is 9.90. The Morgan fingerprint density at radius 1 is 1.38 bits per heavy atom. The Bertz CT molecular complexity index is 369. The summed E-state index contributed by atoms with van der Waals surface area (Å²) in [6.07, 6.45) is 4.72. The third-order valence-electron chi connectivity index (χ3n) is 3.75. The number of nitrogens with two attached hydrogens (primary N) is 1. The first-order valence-corrected chi connectivity index (χ1v) is 6.13. The molecule has 0 radical (unpaired) electrons. The predicted molar refractivity (Wildman–Crippen MR) is 67.0 cm³/mol. The lowest BCUT2D eigenvalue weighted by Gasteiger charge is -2.17. The predicted octanol–water partition coefficient (Wildman–Crippen LogP) is 2.64. The summed E-state index contributed by atoms with van der Waals surface area (Å²) in [4.78, 5) is 0. The van der Waals surface area contributed by atoms with Crippen LogP contribution in [-0.2, 0) is 11.8 Å². The van der Waals surface area contributed by atoms with Gasteiger partial charge in [-0.2, -0.15) is 0 Å². The van der Waals surface area contributed by atoms with E-state index in [9.17, 15) is 0 Å². The fraction of sp³-hybridized carbons (Fsp3) is 0.571. The highest BCUT2D eigenvalue weighted by atomic mass is 16.5. The first-order valence-electron chi connectivity index (χ1n) is 6.13. The summed E-state index contributed by atoms with van der Waals surface area (Å²) >= 11 is 0. The summed E-state index contributed by atoms with van der Waals surface area (Å²) in [7, 11) is 1.74. The van der Waals surface area contributed by atoms with Crippen molar-refractivity contribution >= 4 is 0 Å². The standard InChI is InChI=1S/C14H21NO/c1-3-11-10-12(4-5-13(11)16-2)14(6-7-14)8-9-15/h4-5,10H,3,6-9,15H2,1-2H3. The van der Waals surface area contributed by atoms with Crippen molar-refractivity contribution in [2.24, 2.45) is 5.73 Å². The summed E-state index contributed by atoms with van der Waals surface area (Å²) in [5.74, 6) is 1.01. The van der Waals surface area contributed by atoms with Gasteiger partial charge in [0, 0.05) is 0 Å². The Hall–Kier alpha value is -1.02. The van der Waals surface area contributed by atoms with E-state index in [1.54, 1.807) is 7.11 Å². The van der Waals surface area contributed by atoms with Gasteiger partial charge in [-0.25, -0.2) is 0 Å². The maximum atomic E-state index is 5.69. The molecule has 2 nitrogen and oxygen atoms in total. The molecule has 1 aromatic carbocycles. The summed E-state index contributed by atoms with van der Waals surface area (Å²) in [5.41, 5.74) is 8.85. The van der Waals surface area contributed by atoms with E-state index in [1.165, 1.54) is 24.0 Å². The van der Waals surface area contributed by atoms with Crippen molar-refractivity contribution < 1.29 is 4.74 Å². The molecule has 0 bridgehead atoms. The number of aryl methyl sites for hydroxylation is 1. The van der Waals surface area contributed by atoms with Crippen LogP contribution in [0, 0.1) is 0 Å². The second-order valence-electron chi connectivity index (χ2n) is 4.70. The molecule has 88 valence electrons. The van der Waals surface area contributed by atoms with Crippen LogP contribution in [0.5, 0.6) is 5.75 Å². The SMILES string of the molecule is CCc1cc(C2(CCN)CC2)ccc1OC. The Morgan fingerprint density at radius 3 is 2.62 bits per heavy atom. The van der Waals surface area contributed by atoms with Gasteiger partial charge in [0.25, 0.3) is 0 Å². The van der Waals surface area contributed by atoms with Gasteiger partial charge >= 0.3 is 0 Å². The fourth-order valence-electron chi connectivity index (χ4n) is 2.49. The van der Waals surface area contributed by atoms with Crippen LogP contribution < -0.4 is 10.5 Å². The zero-order chi connectivity index (χ0) is 11.6. The average molecular weight is 219 g/mol. The maximum Gasteiger partial charge on any atom is 0.122 e. The van der Waals surface area contributed by atoms with E-state index in [-0.39, 0.29) is 0 Å². The summed E-state index contributed by atoms with van der Waals surface area (Å²) < 4.78 is 5.36. The van der Waals surface area contributed by atoms with Crippen LogP contribution in [0.4, 0.5) is 0 Å². The molecule has 16 heavy (non-hydrogen) atoms. The highest BCUT2D eigenvalue weighted by molar-refractivity contribution is 5.42. The highest BCUT2D eigenvalue weighted by Crippen LogP contribution is 2.51. The number of benzene rings is 1. The second kappa shape index (κ2) is 4.46. The molecule has 0 unspecified atom stereocenters. The molecule has 0 saturated heterocycles. The van der Waals surface area contributed by atoms with Gasteiger partial charge in [-0.3, -0.25) is 0 Å². The lowest BCUT2D eigenvalue weighted by molar-refractivity contribution is 0.409. The van der Waals surface area contributed by atoms with Gasteiger partial charge in [0.2, 0.25) is 0 Å². The Labute approximate surface area is 97.8 Å². The van der Waals surface area contributed by atoms with Crippen molar-refractivity contribution in [2.75, 3.05) is 13.7 Å². The van der Waals surface area contributed by atoms with Crippen LogP contribution >= 0.6 is 0 Å². The third kappa shape index (κ3) is 1.94. The molecule has 1 fully saturated rings. The van der Waals surface area contributed by atoms with Crippen molar-refractivity contribution in [2.45, 2.75) is 38.0 Å². The summed E-state index contributed by atoms with van der Waals surface area (Å²) in [6, 6.07) is 6.62. The zero-order valence-corrected chi connectivity index (χ0v) is 10.3. The largest absolute Gasteiger partial charge is 0.496 e. The van der Waals surface area contributed by atoms with Crippen molar-refractivity contribution in [1.82, 2.24) is 0 Å². The van der Waals surface area contributed by atoms with Gasteiger partial charge in [-0.05, 0) is 54.8 Å². The van der Waals surface area contributed by atoms with Crippen LogP contribution in [0.2, 0.25) is 0 Å². The molecule has 1 saturated carbocycles. The molecule has 0 atom stereocenters. The van der Waals surface area contributed by atoms with Crippen molar-refractivity contribution in [3.8, 4) is 5.75 Å². The minimum Gasteiger partial charge on any atom is -0.496 e. The van der Waals surface area contributed by atoms with Crippen molar-refractivity contribution in [3.05, 3.63) is 29.3 Å². The Balaban J connectivity index is 2.29. The molecular formula is C14H21NO. The van der Waals surface area contributed by atoms with E-state index in [1.807, 2.05) is 0 Å². The normalized spacial score (nSPS) is 17.2. The molecule has 1 aromatic rings. The van der Waals surface area contributed by atoms with E-state index in [0.717, 1.165) is 25.1 Å². The molecule has 0 aliphatic heterocycles. The van der Waals surface area contributed by atoms with Crippen LogP contribution in [0.1, 0.15) is 37.3 Å². The lowest BCUT2D eigenvalue weighted by Crippen LogP contribution is -2.13. The van der Waals surface area contributed by atoms with Gasteiger partial charge in [0.05, 0.1) is 7.11 Å². The average Bonchev–Trinajstić information content (AvgIpc) is 3.09. The van der Waals surface area contributed by atoms with Crippen molar-refractivity contribution in [1.29, 1.82) is 0 Å². The molecule has 0 spiro atoms. The highest BCUT2D eigenvalue weighted by Gasteiger charge is 2.43. The maximum absolute atomic E-state index is 5.69. The fourth-order valence-corrected chi connectivity index (χ4v) is 2.49. The third-order valence-corrected chi connectivity index (χ3v) is 3.75. The van der Waals surface area contributed by atoms with Gasteiger partial charge in [0.15, 0.2) is 0 Å². The number of rotatable bonds is 5. The topological polar surface area (TPSA) is 35.2 Å². The van der Waals surface area contributed by atoms with Gasteiger partial charge in [-0.1, -0.05) is 19.1 Å². The Morgan fingerprint density at radius 2 is 2.12 bits per heavy atom. The van der Waals surface area contributed by atoms with Crippen molar-refractivity contribution in [3.63, 3.8) is 0 Å². The van der Waals surface area contributed by atoms with E-state index in [0.29, 0.717) is 5.41 Å². The van der Waals surface area contributed by atoms with E-state index < -0.39 is 0 Å². The first kappa shape index (κ1) is 11.5. The number of ether oxygens (including phenoxy) is 1. The number of methoxy groups -OCH3 is 1. The molecule has 1 aliphatic carbocycles. The molecule has 0 amide bonds. The molecule has 2 N–H and O–H groups in total. The van der Waals surface area contributed by atoms with E-state index in [2.05, 4.69) is 25.1 Å². The quantitative estimate of drug-likeness (QED) is 0.826. The first-order chi connectivity index (χ1) is 7.75. The van der Waals surface area contributed by atoms with Crippen LogP contribution in [0.25, 0.3) is 0 Å². The van der Waals surface area contributed by atoms with Gasteiger partial charge in [0.1, 0.15) is 5.75 Å². The monoisotopic (exact) mass is 219 g/mol. The molecule has 2 rings (SSSR count). The summed E-state index contributed by atoms with van der Waals surface area (Å²) in [6.45, 7) is 2.96. The Kier molecular flexibility index (Phi) is 3.20. The van der Waals surface area contributed by atoms with Gasteiger partial charge < -0.3 is 10.5 Å². The molecule has 0 aromatic heterocycles. The molecule has 2 heteroatoms. The van der Waals surface area contributed by atoms with Crippen LogP contribution in [0.3, 0.4) is 0 Å². The second-order valence-corrected chi connectivity index (χ2v) is 4.70. The molecular weight excluding hydrogens is 198 g/mol. The summed E-state index contributed by atoms with van der Waals surface area (Å²) in [5, 5.41) is 0. The minimum absolute atomic E-state index is 0.394. The van der Waals surface area contributed by atoms with Gasteiger partial charge in [-0.15, -0.1) is 0 Å². The molecule has 1 aliphatic rings. The molecule has 0 heterocycles. The van der Waals surface area contributed by atoms with Crippen LogP contribution in [0.15, 0.2) is 18.2 Å². The van der Waals surface area contributed by atoms with E-state index in [4.69, 9.17) is 10.5 Å². The number of hydrogen-bond donors (Lipinski definition) is 1. The smallest absolute Gasteiger partial charge is 0.122 e. The number of hydrogen-bond acceptors (Lipinski definition) is 2. The minimum atomic E-state index is 0.394. The van der Waals surface area contributed by atoms with Crippen LogP contribution in [-0.4, -0.2) is 13.7 Å².